The van der Waals surface area contributed by atoms with Crippen LogP contribution in [-0.2, 0) is 6.54 Å². The number of aromatic nitrogens is 1. The first-order valence-corrected chi connectivity index (χ1v) is 12.8. The smallest absolute Gasteiger partial charge is 0.165 e. The maximum atomic E-state index is 14.6. The molecule has 0 spiro atoms. The van der Waals surface area contributed by atoms with Crippen LogP contribution < -0.4 is 25.4 Å². The van der Waals surface area contributed by atoms with Gasteiger partial charge < -0.3 is 25.4 Å². The van der Waals surface area contributed by atoms with Crippen molar-refractivity contribution < 1.29 is 18.3 Å². The summed E-state index contributed by atoms with van der Waals surface area (Å²) in [6, 6.07) is 13.7. The molecular formula is C29H31F2N5O2. The first kappa shape index (κ1) is 25.9. The molecule has 2 heterocycles. The molecule has 2 aromatic carbocycles. The number of pyridine rings is 1. The van der Waals surface area contributed by atoms with Crippen molar-refractivity contribution in [1.82, 2.24) is 10.3 Å². The van der Waals surface area contributed by atoms with Gasteiger partial charge >= 0.3 is 0 Å². The molecule has 1 saturated heterocycles. The Morgan fingerprint density at radius 3 is 2.47 bits per heavy atom. The highest BCUT2D eigenvalue weighted by molar-refractivity contribution is 5.70. The highest BCUT2D eigenvalue weighted by Crippen LogP contribution is 2.43. The second-order valence-electron chi connectivity index (χ2n) is 9.86. The van der Waals surface area contributed by atoms with E-state index in [1.165, 1.54) is 25.3 Å². The first-order valence-electron chi connectivity index (χ1n) is 12.8. The van der Waals surface area contributed by atoms with Crippen LogP contribution in [0.15, 0.2) is 42.5 Å². The van der Waals surface area contributed by atoms with E-state index in [0.29, 0.717) is 23.6 Å². The molecule has 5 rings (SSSR count). The fourth-order valence-corrected chi connectivity index (χ4v) is 5.11. The van der Waals surface area contributed by atoms with E-state index in [4.69, 9.17) is 20.2 Å². The maximum Gasteiger partial charge on any atom is 0.165 e. The normalized spacial score (nSPS) is 19.2. The Labute approximate surface area is 221 Å². The van der Waals surface area contributed by atoms with Gasteiger partial charge in [0.15, 0.2) is 11.6 Å². The lowest BCUT2D eigenvalue weighted by Gasteiger charge is -2.32. The van der Waals surface area contributed by atoms with Gasteiger partial charge in [-0.3, -0.25) is 0 Å². The molecule has 198 valence electrons. The largest absolute Gasteiger partial charge is 0.496 e. The minimum absolute atomic E-state index is 0.0193. The summed E-state index contributed by atoms with van der Waals surface area (Å²) in [7, 11) is 3.06. The average Bonchev–Trinajstić information content (AvgIpc) is 3.71. The van der Waals surface area contributed by atoms with Crippen LogP contribution in [-0.4, -0.2) is 44.4 Å². The molecule has 9 heteroatoms. The van der Waals surface area contributed by atoms with Gasteiger partial charge in [0.05, 0.1) is 25.5 Å². The van der Waals surface area contributed by atoms with E-state index in [-0.39, 0.29) is 35.1 Å². The molecule has 3 N–H and O–H groups in total. The molecule has 1 aromatic heterocycles. The Balaban J connectivity index is 1.44. The monoisotopic (exact) mass is 519 g/mol. The number of nitrogens with zero attached hydrogens (tertiary/aromatic N) is 3. The molecule has 7 nitrogen and oxygen atoms in total. The summed E-state index contributed by atoms with van der Waals surface area (Å²) in [6.07, 6.45) is 2.60. The molecule has 2 fully saturated rings. The summed E-state index contributed by atoms with van der Waals surface area (Å²) in [6.45, 7) is 1.98. The van der Waals surface area contributed by atoms with E-state index in [1.807, 2.05) is 18.2 Å². The predicted molar refractivity (Wildman–Crippen MR) is 141 cm³/mol. The fraction of sp³-hybridized carbons (Fsp3) is 0.379. The number of anilines is 1. The number of nitrogens with two attached hydrogens (primary N) is 1. The van der Waals surface area contributed by atoms with Crippen molar-refractivity contribution in [2.24, 2.45) is 5.73 Å². The molecule has 1 aliphatic carbocycles. The van der Waals surface area contributed by atoms with Gasteiger partial charge in [-0.15, -0.1) is 0 Å². The standard InChI is InChI=1S/C29H31F2N5O2/c1-37-26-6-5-17(11-24(26)31)21-13-25(21)34-16-22-27(38-2)14-28(36-9-7-20(33)8-10-36)35-29(22)18-3-4-19(15-32)23(30)12-18/h3-6,11-12,14,20-21,25,34H,7-10,13,16,33H2,1-2H3. The van der Waals surface area contributed by atoms with E-state index in [1.54, 1.807) is 19.2 Å². The van der Waals surface area contributed by atoms with Crippen molar-refractivity contribution in [3.05, 3.63) is 70.8 Å². The van der Waals surface area contributed by atoms with E-state index in [2.05, 4.69) is 10.2 Å². The zero-order valence-electron chi connectivity index (χ0n) is 21.5. The van der Waals surface area contributed by atoms with Crippen molar-refractivity contribution in [2.75, 3.05) is 32.2 Å². The van der Waals surface area contributed by atoms with Crippen LogP contribution in [0.5, 0.6) is 11.5 Å². The highest BCUT2D eigenvalue weighted by Gasteiger charge is 2.38. The summed E-state index contributed by atoms with van der Waals surface area (Å²) in [4.78, 5) is 7.12. The molecule has 1 aliphatic heterocycles. The Kier molecular flexibility index (Phi) is 7.45. The number of hydrogen-bond acceptors (Lipinski definition) is 7. The number of rotatable bonds is 8. The minimum Gasteiger partial charge on any atom is -0.496 e. The summed E-state index contributed by atoms with van der Waals surface area (Å²) >= 11 is 0. The Bertz CT molecular complexity index is 1370. The Hall–Kier alpha value is -3.74. The van der Waals surface area contributed by atoms with Crippen LogP contribution in [0.1, 0.15) is 41.9 Å². The van der Waals surface area contributed by atoms with E-state index < -0.39 is 5.82 Å². The van der Waals surface area contributed by atoms with Gasteiger partial charge in [0.1, 0.15) is 23.5 Å². The maximum absolute atomic E-state index is 14.6. The zero-order valence-corrected chi connectivity index (χ0v) is 21.5. The quantitative estimate of drug-likeness (QED) is 0.453. The lowest BCUT2D eigenvalue weighted by Crippen LogP contribution is -2.40. The van der Waals surface area contributed by atoms with Crippen molar-refractivity contribution in [2.45, 2.75) is 43.8 Å². The number of ether oxygens (including phenoxy) is 2. The minimum atomic E-state index is -0.595. The van der Waals surface area contributed by atoms with Gasteiger partial charge in [0.25, 0.3) is 0 Å². The van der Waals surface area contributed by atoms with Crippen LogP contribution in [0, 0.1) is 23.0 Å². The molecule has 2 atom stereocenters. The molecule has 2 aliphatic rings. The summed E-state index contributed by atoms with van der Waals surface area (Å²) < 4.78 is 39.7. The van der Waals surface area contributed by atoms with E-state index >= 15 is 0 Å². The lowest BCUT2D eigenvalue weighted by molar-refractivity contribution is 0.386. The lowest BCUT2D eigenvalue weighted by atomic mass is 10.0. The van der Waals surface area contributed by atoms with Crippen LogP contribution in [0.3, 0.4) is 0 Å². The molecule has 0 bridgehead atoms. The SMILES string of the molecule is COc1ccc(C2CC2NCc2c(OC)cc(N3CCC(N)CC3)nc2-c2ccc(C#N)c(F)c2)cc1F. The topological polar surface area (TPSA) is 96.4 Å². The molecule has 38 heavy (non-hydrogen) atoms. The summed E-state index contributed by atoms with van der Waals surface area (Å²) in [5.41, 5.74) is 8.94. The fourth-order valence-electron chi connectivity index (χ4n) is 5.11. The number of halogens is 2. The Morgan fingerprint density at radius 1 is 1.05 bits per heavy atom. The number of piperidine rings is 1. The van der Waals surface area contributed by atoms with Crippen LogP contribution >= 0.6 is 0 Å². The van der Waals surface area contributed by atoms with Gasteiger partial charge in [-0.25, -0.2) is 13.8 Å². The van der Waals surface area contributed by atoms with E-state index in [0.717, 1.165) is 49.3 Å². The highest BCUT2D eigenvalue weighted by atomic mass is 19.1. The molecule has 3 aromatic rings. The number of benzene rings is 2. The zero-order chi connectivity index (χ0) is 26.8. The van der Waals surface area contributed by atoms with E-state index in [9.17, 15) is 14.0 Å². The van der Waals surface area contributed by atoms with Gasteiger partial charge in [-0.05, 0) is 49.1 Å². The Morgan fingerprint density at radius 2 is 1.82 bits per heavy atom. The third-order valence-electron chi connectivity index (χ3n) is 7.45. The number of nitriles is 1. The molecule has 0 radical (unpaired) electrons. The number of hydrogen-bond donors (Lipinski definition) is 2. The average molecular weight is 520 g/mol. The van der Waals surface area contributed by atoms with Gasteiger partial charge in [-0.1, -0.05) is 12.1 Å². The van der Waals surface area contributed by atoms with Crippen LogP contribution in [0.25, 0.3) is 11.3 Å². The molecule has 1 saturated carbocycles. The molecule has 2 unspecified atom stereocenters. The van der Waals surface area contributed by atoms with Gasteiger partial charge in [-0.2, -0.15) is 5.26 Å². The summed E-state index contributed by atoms with van der Waals surface area (Å²) in [5, 5.41) is 12.7. The second-order valence-corrected chi connectivity index (χ2v) is 9.86. The van der Waals surface area contributed by atoms with Crippen molar-refractivity contribution >= 4 is 5.82 Å². The molecule has 0 amide bonds. The van der Waals surface area contributed by atoms with Crippen molar-refractivity contribution in [3.63, 3.8) is 0 Å². The second kappa shape index (κ2) is 10.9. The number of methoxy groups -OCH3 is 2. The van der Waals surface area contributed by atoms with Crippen molar-refractivity contribution in [3.8, 4) is 28.8 Å². The summed E-state index contributed by atoms with van der Waals surface area (Å²) in [5.74, 6) is 0.829. The van der Waals surface area contributed by atoms with Crippen LogP contribution in [0.4, 0.5) is 14.6 Å². The molecular weight excluding hydrogens is 488 g/mol. The number of nitrogens with one attached hydrogen (secondary N) is 1. The first-order chi connectivity index (χ1) is 18.4. The third-order valence-corrected chi connectivity index (χ3v) is 7.45. The predicted octanol–water partition coefficient (Wildman–Crippen LogP) is 4.49. The van der Waals surface area contributed by atoms with Crippen LogP contribution in [0.2, 0.25) is 0 Å². The van der Waals surface area contributed by atoms with Gasteiger partial charge in [0.2, 0.25) is 0 Å². The van der Waals surface area contributed by atoms with Crippen molar-refractivity contribution in [1.29, 1.82) is 5.26 Å². The van der Waals surface area contributed by atoms with Gasteiger partial charge in [0, 0.05) is 54.8 Å². The third kappa shape index (κ3) is 5.28.